The molecule has 1 aliphatic rings. The number of aryl methyl sites for hydroxylation is 2. The Morgan fingerprint density at radius 1 is 1.08 bits per heavy atom. The van der Waals surface area contributed by atoms with Gasteiger partial charge in [-0.25, -0.2) is 4.79 Å². The second-order valence-corrected chi connectivity index (χ2v) is 7.59. The molecule has 1 unspecified atom stereocenters. The van der Waals surface area contributed by atoms with Crippen LogP contribution in [0.2, 0.25) is 0 Å². The van der Waals surface area contributed by atoms with Gasteiger partial charge < -0.3 is 10.2 Å². The minimum atomic E-state index is 0.00700. The molecule has 3 nitrogen and oxygen atoms in total. The monoisotopic (exact) mass is 340 g/mol. The van der Waals surface area contributed by atoms with E-state index in [2.05, 4.69) is 49.5 Å². The van der Waals surface area contributed by atoms with Crippen LogP contribution in [-0.4, -0.2) is 29.8 Å². The highest BCUT2D eigenvalue weighted by atomic mass is 32.2. The van der Waals surface area contributed by atoms with Crippen LogP contribution in [0.3, 0.4) is 0 Å². The number of hydrogen-bond acceptors (Lipinski definition) is 2. The van der Waals surface area contributed by atoms with Crippen molar-refractivity contribution in [2.75, 3.05) is 24.2 Å². The molecule has 1 heterocycles. The van der Waals surface area contributed by atoms with Gasteiger partial charge in [-0.05, 0) is 49.1 Å². The number of urea groups is 1. The molecule has 0 spiro atoms. The molecule has 0 aromatic heterocycles. The molecule has 0 bridgehead atoms. The van der Waals surface area contributed by atoms with Gasteiger partial charge in [-0.2, -0.15) is 11.8 Å². The Morgan fingerprint density at radius 2 is 1.88 bits per heavy atom. The average molecular weight is 340 g/mol. The Bertz CT molecular complexity index is 702. The van der Waals surface area contributed by atoms with Gasteiger partial charge in [0.15, 0.2) is 0 Å². The molecule has 3 rings (SSSR count). The lowest BCUT2D eigenvalue weighted by atomic mass is 10.1. The Kier molecular flexibility index (Phi) is 5.46. The molecule has 1 atom stereocenters. The summed E-state index contributed by atoms with van der Waals surface area (Å²) in [6, 6.07) is 16.7. The van der Waals surface area contributed by atoms with E-state index in [9.17, 15) is 4.79 Å². The van der Waals surface area contributed by atoms with Crippen molar-refractivity contribution in [1.29, 1.82) is 0 Å². The van der Waals surface area contributed by atoms with Crippen LogP contribution in [0.5, 0.6) is 0 Å². The number of anilines is 1. The predicted octanol–water partition coefficient (Wildman–Crippen LogP) is 5.02. The minimum absolute atomic E-state index is 0.00700. The summed E-state index contributed by atoms with van der Waals surface area (Å²) in [6.07, 6.45) is 0.995. The van der Waals surface area contributed by atoms with Crippen molar-refractivity contribution < 1.29 is 4.79 Å². The molecule has 0 radical (unpaired) electrons. The quantitative estimate of drug-likeness (QED) is 0.833. The number of carbonyl (C=O) groups excluding carboxylic acids is 1. The SMILES string of the molecule is Cc1ccc(NC(=O)N2CCSC(c3ccccc3)CC2)cc1C. The van der Waals surface area contributed by atoms with Crippen LogP contribution in [0.15, 0.2) is 48.5 Å². The maximum absolute atomic E-state index is 12.6. The number of thioether (sulfide) groups is 1. The van der Waals surface area contributed by atoms with Gasteiger partial charge in [0.25, 0.3) is 0 Å². The highest BCUT2D eigenvalue weighted by molar-refractivity contribution is 7.99. The van der Waals surface area contributed by atoms with Crippen molar-refractivity contribution in [3.8, 4) is 0 Å². The van der Waals surface area contributed by atoms with Crippen molar-refractivity contribution >= 4 is 23.5 Å². The maximum atomic E-state index is 12.6. The van der Waals surface area contributed by atoms with Gasteiger partial charge in [-0.3, -0.25) is 0 Å². The highest BCUT2D eigenvalue weighted by Gasteiger charge is 2.22. The number of benzene rings is 2. The molecule has 1 fully saturated rings. The zero-order valence-electron chi connectivity index (χ0n) is 14.3. The first kappa shape index (κ1) is 16.9. The number of carbonyl (C=O) groups is 1. The van der Waals surface area contributed by atoms with E-state index in [1.807, 2.05) is 34.9 Å². The number of rotatable bonds is 2. The van der Waals surface area contributed by atoms with E-state index in [4.69, 9.17) is 0 Å². The predicted molar refractivity (Wildman–Crippen MR) is 103 cm³/mol. The molecule has 0 saturated carbocycles. The first-order valence-electron chi connectivity index (χ1n) is 8.43. The number of hydrogen-bond donors (Lipinski definition) is 1. The van der Waals surface area contributed by atoms with Crippen molar-refractivity contribution in [3.63, 3.8) is 0 Å². The first-order chi connectivity index (χ1) is 11.6. The average Bonchev–Trinajstić information content (AvgIpc) is 2.85. The van der Waals surface area contributed by atoms with Crippen molar-refractivity contribution in [3.05, 3.63) is 65.2 Å². The summed E-state index contributed by atoms with van der Waals surface area (Å²) in [5.41, 5.74) is 4.67. The van der Waals surface area contributed by atoms with Crippen LogP contribution < -0.4 is 5.32 Å². The topological polar surface area (TPSA) is 32.3 Å². The Morgan fingerprint density at radius 3 is 2.62 bits per heavy atom. The first-order valence-corrected chi connectivity index (χ1v) is 9.48. The van der Waals surface area contributed by atoms with E-state index in [1.165, 1.54) is 16.7 Å². The van der Waals surface area contributed by atoms with Crippen LogP contribution >= 0.6 is 11.8 Å². The van der Waals surface area contributed by atoms with Gasteiger partial charge in [0.05, 0.1) is 0 Å². The molecule has 2 aromatic carbocycles. The fourth-order valence-electron chi connectivity index (χ4n) is 2.93. The number of nitrogens with one attached hydrogen (secondary N) is 1. The lowest BCUT2D eigenvalue weighted by Crippen LogP contribution is -2.36. The summed E-state index contributed by atoms with van der Waals surface area (Å²) >= 11 is 1.95. The maximum Gasteiger partial charge on any atom is 0.321 e. The molecule has 0 aliphatic carbocycles. The van der Waals surface area contributed by atoms with Gasteiger partial charge in [0, 0.05) is 29.8 Å². The summed E-state index contributed by atoms with van der Waals surface area (Å²) in [6.45, 7) is 5.74. The zero-order valence-corrected chi connectivity index (χ0v) is 15.1. The molecule has 4 heteroatoms. The van der Waals surface area contributed by atoms with Crippen LogP contribution in [0.1, 0.15) is 28.4 Å². The van der Waals surface area contributed by atoms with Crippen molar-refractivity contribution in [2.45, 2.75) is 25.5 Å². The summed E-state index contributed by atoms with van der Waals surface area (Å²) in [7, 11) is 0. The molecule has 1 N–H and O–H groups in total. The van der Waals surface area contributed by atoms with E-state index >= 15 is 0 Å². The third-order valence-electron chi connectivity index (χ3n) is 4.56. The summed E-state index contributed by atoms with van der Waals surface area (Å²) < 4.78 is 0. The highest BCUT2D eigenvalue weighted by Crippen LogP contribution is 2.34. The van der Waals surface area contributed by atoms with Gasteiger partial charge in [-0.15, -0.1) is 0 Å². The fraction of sp³-hybridized carbons (Fsp3) is 0.350. The Labute approximate surface area is 148 Å². The number of nitrogens with zero attached hydrogens (tertiary/aromatic N) is 1. The number of amides is 2. The zero-order chi connectivity index (χ0) is 16.9. The van der Waals surface area contributed by atoms with Crippen LogP contribution in [0, 0.1) is 13.8 Å². The minimum Gasteiger partial charge on any atom is -0.324 e. The molecule has 1 aliphatic heterocycles. The van der Waals surface area contributed by atoms with Gasteiger partial charge in [0.1, 0.15) is 0 Å². The van der Waals surface area contributed by atoms with E-state index < -0.39 is 0 Å². The van der Waals surface area contributed by atoms with Crippen LogP contribution in [-0.2, 0) is 0 Å². The van der Waals surface area contributed by atoms with Gasteiger partial charge >= 0.3 is 6.03 Å². The molecule has 1 saturated heterocycles. The van der Waals surface area contributed by atoms with Crippen LogP contribution in [0.4, 0.5) is 10.5 Å². The molecule has 126 valence electrons. The Hall–Kier alpha value is -1.94. The molecule has 24 heavy (non-hydrogen) atoms. The molecular weight excluding hydrogens is 316 g/mol. The smallest absolute Gasteiger partial charge is 0.321 e. The fourth-order valence-corrected chi connectivity index (χ4v) is 4.16. The van der Waals surface area contributed by atoms with Crippen LogP contribution in [0.25, 0.3) is 0 Å². The van der Waals surface area contributed by atoms with E-state index in [1.54, 1.807) is 0 Å². The largest absolute Gasteiger partial charge is 0.324 e. The summed E-state index contributed by atoms with van der Waals surface area (Å²) in [4.78, 5) is 14.5. The van der Waals surface area contributed by atoms with Crippen molar-refractivity contribution in [1.82, 2.24) is 4.90 Å². The lowest BCUT2D eigenvalue weighted by Gasteiger charge is -2.21. The summed E-state index contributed by atoms with van der Waals surface area (Å²) in [5.74, 6) is 0.972. The molecule has 2 amide bonds. The third-order valence-corrected chi connectivity index (χ3v) is 5.89. The molecule has 2 aromatic rings. The molecular formula is C20H24N2OS. The summed E-state index contributed by atoms with van der Waals surface area (Å²) in [5, 5.41) is 3.52. The van der Waals surface area contributed by atoms with Gasteiger partial charge in [-0.1, -0.05) is 36.4 Å². The van der Waals surface area contributed by atoms with E-state index in [-0.39, 0.29) is 6.03 Å². The van der Waals surface area contributed by atoms with E-state index in [0.29, 0.717) is 5.25 Å². The lowest BCUT2D eigenvalue weighted by molar-refractivity contribution is 0.215. The third kappa shape index (κ3) is 4.12. The standard InChI is InChI=1S/C20H24N2OS/c1-15-8-9-18(14-16(15)2)21-20(23)22-11-10-19(24-13-12-22)17-6-4-3-5-7-17/h3-9,14,19H,10-13H2,1-2H3,(H,21,23). The van der Waals surface area contributed by atoms with E-state index in [0.717, 1.165) is 31.0 Å². The normalized spacial score (nSPS) is 18.1. The Balaban J connectivity index is 1.61. The second-order valence-electron chi connectivity index (χ2n) is 6.28. The van der Waals surface area contributed by atoms with Crippen molar-refractivity contribution in [2.24, 2.45) is 0 Å². The van der Waals surface area contributed by atoms with Gasteiger partial charge in [0.2, 0.25) is 0 Å². The second kappa shape index (κ2) is 7.75.